The molecule has 1 aliphatic carbocycles. The first-order chi connectivity index (χ1) is 22.4. The van der Waals surface area contributed by atoms with E-state index in [0.717, 1.165) is 44.9 Å². The Morgan fingerprint density at radius 1 is 0.468 bits per heavy atom. The largest absolute Gasteiger partial charge is 0.380 e. The monoisotopic (exact) mass is 672 g/mol. The second-order valence-corrected chi connectivity index (χ2v) is 14.1. The smallest absolute Gasteiger partial charge is 0.194 e. The van der Waals surface area contributed by atoms with Gasteiger partial charge in [-0.2, -0.15) is 26.3 Å². The van der Waals surface area contributed by atoms with Gasteiger partial charge in [-0.25, -0.2) is 0 Å². The molecule has 8 heteroatoms. The summed E-state index contributed by atoms with van der Waals surface area (Å²) < 4.78 is 95.5. The Morgan fingerprint density at radius 3 is 1.21 bits per heavy atom. The molecule has 0 saturated heterocycles. The molecular weight excluding hydrogens is 647 g/mol. The van der Waals surface area contributed by atoms with Crippen molar-refractivity contribution in [3.05, 3.63) is 140 Å². The number of hydrogen-bond donors (Lipinski definition) is 0. The standard InChI is InChI=1S/C39H26F6S2/c1-23-33(29-19-17-27(21-31(29)46-23)15-13-25-9-5-3-6-10-25)35-36(38(42,43)39(44,45)37(35,40)41)34-24(2)47-32-22-28(18-20-30(32)34)16-14-26-11-7-4-8-12-26/h3-22H,1-2H3/b15-13+,16-14+. The zero-order valence-electron chi connectivity index (χ0n) is 25.1. The van der Waals surface area contributed by atoms with E-state index in [0.29, 0.717) is 9.40 Å². The van der Waals surface area contributed by atoms with E-state index < -0.39 is 28.9 Å². The van der Waals surface area contributed by atoms with Crippen LogP contribution < -0.4 is 0 Å². The summed E-state index contributed by atoms with van der Waals surface area (Å²) in [5.74, 6) is -15.9. The molecule has 0 atom stereocenters. The van der Waals surface area contributed by atoms with E-state index in [-0.39, 0.29) is 31.7 Å². The van der Waals surface area contributed by atoms with Gasteiger partial charge in [0, 0.05) is 52.2 Å². The number of aryl methyl sites for hydroxylation is 2. The predicted octanol–water partition coefficient (Wildman–Crippen LogP) is 12.9. The lowest BCUT2D eigenvalue weighted by Crippen LogP contribution is -2.48. The highest BCUT2D eigenvalue weighted by atomic mass is 32.1. The molecule has 0 saturated carbocycles. The van der Waals surface area contributed by atoms with Crippen LogP contribution in [0.15, 0.2) is 97.1 Å². The van der Waals surface area contributed by atoms with E-state index in [1.807, 2.05) is 85.0 Å². The molecule has 7 rings (SSSR count). The van der Waals surface area contributed by atoms with Crippen LogP contribution in [0.5, 0.6) is 0 Å². The first-order valence-electron chi connectivity index (χ1n) is 14.8. The zero-order chi connectivity index (χ0) is 33.1. The molecule has 0 amide bonds. The summed E-state index contributed by atoms with van der Waals surface area (Å²) in [5.41, 5.74) is 0.293. The fourth-order valence-corrected chi connectivity index (χ4v) is 8.44. The van der Waals surface area contributed by atoms with Gasteiger partial charge in [0.2, 0.25) is 0 Å². The number of halogens is 6. The third kappa shape index (κ3) is 5.06. The fraction of sp³-hybridized carbons (Fsp3) is 0.128. The number of alkyl halides is 6. The van der Waals surface area contributed by atoms with Crippen molar-refractivity contribution < 1.29 is 26.3 Å². The molecule has 2 aromatic heterocycles. The van der Waals surface area contributed by atoms with Crippen molar-refractivity contribution in [2.75, 3.05) is 0 Å². The average Bonchev–Trinajstić information content (AvgIpc) is 3.58. The SMILES string of the molecule is Cc1sc2cc(/C=C/c3ccccc3)ccc2c1C1=C(c2c(C)sc3cc(/C=C/c4ccccc4)ccc23)C(F)(F)C(F)(F)C1(F)F. The van der Waals surface area contributed by atoms with Crippen molar-refractivity contribution in [2.24, 2.45) is 0 Å². The van der Waals surface area contributed by atoms with E-state index >= 15 is 26.3 Å². The predicted molar refractivity (Wildman–Crippen MR) is 186 cm³/mol. The lowest BCUT2D eigenvalue weighted by Gasteiger charge is -2.26. The van der Waals surface area contributed by atoms with Gasteiger partial charge in [0.15, 0.2) is 0 Å². The molecule has 47 heavy (non-hydrogen) atoms. The lowest BCUT2D eigenvalue weighted by molar-refractivity contribution is -0.254. The second kappa shape index (κ2) is 11.4. The summed E-state index contributed by atoms with van der Waals surface area (Å²) in [6.07, 6.45) is 7.49. The highest BCUT2D eigenvalue weighted by Gasteiger charge is 2.80. The summed E-state index contributed by atoms with van der Waals surface area (Å²) >= 11 is 2.24. The molecular formula is C39H26F6S2. The maximum Gasteiger partial charge on any atom is 0.380 e. The minimum Gasteiger partial charge on any atom is -0.194 e. The Morgan fingerprint density at radius 2 is 0.830 bits per heavy atom. The molecule has 6 aromatic rings. The normalized spacial score (nSPS) is 17.2. The highest BCUT2D eigenvalue weighted by molar-refractivity contribution is 7.19. The van der Waals surface area contributed by atoms with Crippen LogP contribution in [0.3, 0.4) is 0 Å². The number of rotatable bonds is 6. The molecule has 0 unspecified atom stereocenters. The van der Waals surface area contributed by atoms with Crippen LogP contribution in [-0.4, -0.2) is 17.8 Å². The van der Waals surface area contributed by atoms with Crippen LogP contribution in [0.1, 0.15) is 43.1 Å². The van der Waals surface area contributed by atoms with Gasteiger partial charge in [0.05, 0.1) is 0 Å². The quantitative estimate of drug-likeness (QED) is 0.122. The van der Waals surface area contributed by atoms with Crippen LogP contribution in [0.4, 0.5) is 26.3 Å². The lowest BCUT2D eigenvalue weighted by atomic mass is 9.91. The van der Waals surface area contributed by atoms with Gasteiger partial charge in [0.25, 0.3) is 0 Å². The Hall–Kier alpha value is -4.40. The minimum atomic E-state index is -5.64. The second-order valence-electron chi connectivity index (χ2n) is 11.5. The highest BCUT2D eigenvalue weighted by Crippen LogP contribution is 2.67. The Kier molecular flexibility index (Phi) is 7.56. The number of hydrogen-bond acceptors (Lipinski definition) is 2. The molecule has 0 nitrogen and oxygen atoms in total. The Bertz CT molecular complexity index is 2080. The van der Waals surface area contributed by atoms with Crippen LogP contribution in [-0.2, 0) is 0 Å². The summed E-state index contributed by atoms with van der Waals surface area (Å²) in [4.78, 5) is 0.519. The van der Waals surface area contributed by atoms with Crippen LogP contribution >= 0.6 is 22.7 Å². The van der Waals surface area contributed by atoms with Gasteiger partial charge in [-0.3, -0.25) is 0 Å². The van der Waals surface area contributed by atoms with Gasteiger partial charge in [0.1, 0.15) is 0 Å². The topological polar surface area (TPSA) is 0 Å². The molecule has 4 aromatic carbocycles. The van der Waals surface area contributed by atoms with E-state index in [1.165, 1.54) is 13.8 Å². The summed E-state index contributed by atoms with van der Waals surface area (Å²) in [5, 5.41) is 0.464. The number of benzene rings is 4. The minimum absolute atomic E-state index is 0.232. The molecule has 0 N–H and O–H groups in total. The first-order valence-corrected chi connectivity index (χ1v) is 16.5. The molecule has 0 bridgehead atoms. The van der Waals surface area contributed by atoms with Crippen molar-refractivity contribution in [3.63, 3.8) is 0 Å². The molecule has 0 fully saturated rings. The summed E-state index contributed by atoms with van der Waals surface area (Å²) in [6.45, 7) is 3.03. The Balaban J connectivity index is 1.40. The first kappa shape index (κ1) is 31.2. The van der Waals surface area contributed by atoms with Gasteiger partial charge in [-0.1, -0.05) is 109 Å². The molecule has 0 radical (unpaired) electrons. The number of thiophene rings is 2. The summed E-state index contributed by atoms with van der Waals surface area (Å²) in [7, 11) is 0. The Labute approximate surface area is 275 Å². The number of allylic oxidation sites excluding steroid dienone is 2. The van der Waals surface area contributed by atoms with E-state index in [2.05, 4.69) is 0 Å². The van der Waals surface area contributed by atoms with Crippen molar-refractivity contribution in [3.8, 4) is 0 Å². The van der Waals surface area contributed by atoms with Gasteiger partial charge >= 0.3 is 17.8 Å². The molecule has 0 spiro atoms. The van der Waals surface area contributed by atoms with Crippen molar-refractivity contribution in [2.45, 2.75) is 31.6 Å². The van der Waals surface area contributed by atoms with Crippen molar-refractivity contribution in [1.82, 2.24) is 0 Å². The zero-order valence-corrected chi connectivity index (χ0v) is 26.8. The number of fused-ring (bicyclic) bond motifs is 2. The van der Waals surface area contributed by atoms with Crippen molar-refractivity contribution >= 4 is 78.3 Å². The van der Waals surface area contributed by atoms with Gasteiger partial charge in [-0.05, 0) is 48.2 Å². The van der Waals surface area contributed by atoms with E-state index in [4.69, 9.17) is 0 Å². The van der Waals surface area contributed by atoms with Crippen molar-refractivity contribution in [1.29, 1.82) is 0 Å². The molecule has 2 heterocycles. The fourth-order valence-electron chi connectivity index (χ4n) is 6.20. The van der Waals surface area contributed by atoms with E-state index in [9.17, 15) is 0 Å². The van der Waals surface area contributed by atoms with Gasteiger partial charge < -0.3 is 0 Å². The molecule has 236 valence electrons. The molecule has 0 aliphatic heterocycles. The summed E-state index contributed by atoms with van der Waals surface area (Å²) in [6, 6.07) is 29.1. The third-order valence-corrected chi connectivity index (χ3v) is 10.6. The maximum atomic E-state index is 15.9. The van der Waals surface area contributed by atoms with Gasteiger partial charge in [-0.15, -0.1) is 22.7 Å². The van der Waals surface area contributed by atoms with Crippen LogP contribution in [0, 0.1) is 13.8 Å². The average molecular weight is 673 g/mol. The van der Waals surface area contributed by atoms with Crippen LogP contribution in [0.2, 0.25) is 0 Å². The van der Waals surface area contributed by atoms with Crippen LogP contribution in [0.25, 0.3) is 55.6 Å². The maximum absolute atomic E-state index is 15.9. The molecule has 1 aliphatic rings. The van der Waals surface area contributed by atoms with E-state index in [1.54, 1.807) is 36.4 Å². The third-order valence-electron chi connectivity index (χ3n) is 8.48.